The van der Waals surface area contributed by atoms with Gasteiger partial charge in [0.15, 0.2) is 0 Å². The van der Waals surface area contributed by atoms with Gasteiger partial charge in [-0.2, -0.15) is 73.2 Å². The second kappa shape index (κ2) is 39.6. The number of methoxy groups -OCH3 is 2. The first-order chi connectivity index (χ1) is 40.4. The lowest BCUT2D eigenvalue weighted by Crippen LogP contribution is -2.43. The monoisotopic (exact) mass is 1290 g/mol. The number of halogens is 2. The third-order valence-corrected chi connectivity index (χ3v) is 14.5. The van der Waals surface area contributed by atoms with E-state index < -0.39 is 41.4 Å². The van der Waals surface area contributed by atoms with E-state index in [1.165, 1.54) is 86.4 Å². The van der Waals surface area contributed by atoms with Crippen molar-refractivity contribution in [2.75, 3.05) is 53.5 Å². The highest BCUT2D eigenvalue weighted by Gasteiger charge is 2.49. The van der Waals surface area contributed by atoms with Crippen LogP contribution in [0.3, 0.4) is 0 Å². The van der Waals surface area contributed by atoms with Crippen molar-refractivity contribution >= 4 is 114 Å². The van der Waals surface area contributed by atoms with Crippen LogP contribution in [0.4, 0.5) is 8.78 Å². The van der Waals surface area contributed by atoms with Crippen LogP contribution in [0.5, 0.6) is 0 Å². The molecule has 2 saturated heterocycles. The van der Waals surface area contributed by atoms with Crippen LogP contribution in [0.2, 0.25) is 0 Å². The molecule has 0 radical (unpaired) electrons. The molecule has 0 unspecified atom stereocenters. The Balaban J connectivity index is 0.00000174. The molecule has 4 aliphatic rings. The Labute approximate surface area is 536 Å². The molecular formula is C62H74F2N6O14S4. The summed E-state index contributed by atoms with van der Waals surface area (Å²) in [4.78, 5) is 138. The summed E-state index contributed by atoms with van der Waals surface area (Å²) in [6, 6.07) is 37.9. The zero-order chi connectivity index (χ0) is 61.3. The number of ether oxygens (including phenoxy) is 2. The molecule has 20 nitrogen and oxygen atoms in total. The maximum atomic E-state index is 14.1. The highest BCUT2D eigenvalue weighted by Crippen LogP contribution is 2.43. The van der Waals surface area contributed by atoms with Crippen molar-refractivity contribution in [3.8, 4) is 0 Å². The van der Waals surface area contributed by atoms with E-state index in [0.717, 1.165) is 35.1 Å². The molecule has 2 saturated carbocycles. The normalized spacial score (nSPS) is 19.2. The van der Waals surface area contributed by atoms with Gasteiger partial charge in [-0.15, -0.1) is 0 Å². The number of amides is 6. The summed E-state index contributed by atoms with van der Waals surface area (Å²) in [5, 5.41) is 12.1. The predicted octanol–water partition coefficient (Wildman–Crippen LogP) is 5.05. The molecule has 8 atom stereocenters. The molecule has 0 bridgehead atoms. The van der Waals surface area contributed by atoms with Crippen molar-refractivity contribution in [2.24, 2.45) is 23.7 Å². The van der Waals surface area contributed by atoms with E-state index in [2.05, 4.69) is 30.7 Å². The molecule has 0 spiro atoms. The second-order valence-corrected chi connectivity index (χ2v) is 20.1. The Bertz CT molecular complexity index is 2960. The standard InChI is InChI=1S/C54H54F2N6O6.2C3H6O2.2CO2.4H2S/c55-39-19-11-33(12-20-39)23-25-57-49(63)43-29-61(30-44(43)50(64)58-26-24-34-13-21-40(56)22-14-34)53(67)37-15-17-38(18-16-37)54(68)62-31-45(51(65)59-47-27-41(47)35-7-3-1-4-8-35)46(32-62)52(66)60-48-28-42(48)36-9-5-2-6-10-36;2*1-3(4)5-2;2*2-1-3;;;;/h1-22,41-48H,23-32H2,(H,57,63)(H,58,64)(H,59,65)(H,60,66);2*1-2H3;;;4*1H2/t41-,42-,43-,44-,45-,46-,47+,48+;;;;;;;;/m1......../s1. The number of rotatable bonds is 16. The van der Waals surface area contributed by atoms with E-state index in [4.69, 9.17) is 19.2 Å². The third kappa shape index (κ3) is 24.2. The fraction of sp³-hybridized carbons (Fsp3) is 0.355. The van der Waals surface area contributed by atoms with Gasteiger partial charge in [-0.25, -0.2) is 8.78 Å². The molecule has 4 fully saturated rings. The Hall–Kier alpha value is -8.12. The quantitative estimate of drug-likeness (QED) is 0.0942. The average molecular weight is 1290 g/mol. The molecule has 2 heterocycles. The van der Waals surface area contributed by atoms with Crippen LogP contribution < -0.4 is 21.3 Å². The van der Waals surface area contributed by atoms with Crippen molar-refractivity contribution in [1.82, 2.24) is 31.1 Å². The summed E-state index contributed by atoms with van der Waals surface area (Å²) in [7, 11) is 2.70. The van der Waals surface area contributed by atoms with Crippen LogP contribution >= 0.6 is 54.0 Å². The van der Waals surface area contributed by atoms with Gasteiger partial charge in [0.05, 0.1) is 37.9 Å². The van der Waals surface area contributed by atoms with E-state index in [1.807, 2.05) is 60.7 Å². The van der Waals surface area contributed by atoms with Crippen LogP contribution in [-0.2, 0) is 70.3 Å². The van der Waals surface area contributed by atoms with Gasteiger partial charge in [-0.1, -0.05) is 84.9 Å². The number of benzene rings is 5. The Morgan fingerprint density at radius 1 is 0.455 bits per heavy atom. The van der Waals surface area contributed by atoms with Crippen molar-refractivity contribution in [3.05, 3.63) is 178 Å². The molecule has 88 heavy (non-hydrogen) atoms. The van der Waals surface area contributed by atoms with Gasteiger partial charge in [0.2, 0.25) is 23.6 Å². The fourth-order valence-corrected chi connectivity index (χ4v) is 9.77. The zero-order valence-corrected chi connectivity index (χ0v) is 52.8. The van der Waals surface area contributed by atoms with E-state index in [9.17, 15) is 47.1 Å². The van der Waals surface area contributed by atoms with Gasteiger partial charge in [-0.05, 0) is 96.5 Å². The summed E-state index contributed by atoms with van der Waals surface area (Å²) >= 11 is 0. The lowest BCUT2D eigenvalue weighted by molar-refractivity contribution is -0.193. The number of hydrogen-bond acceptors (Lipinski definition) is 14. The number of nitrogens with one attached hydrogen (secondary N) is 4. The van der Waals surface area contributed by atoms with Crippen molar-refractivity contribution < 1.29 is 75.8 Å². The van der Waals surface area contributed by atoms with E-state index >= 15 is 0 Å². The number of carbonyl (C=O) groups excluding carboxylic acids is 12. The lowest BCUT2D eigenvalue weighted by atomic mass is 9.94. The van der Waals surface area contributed by atoms with Gasteiger partial charge in [0.25, 0.3) is 11.8 Å². The highest BCUT2D eigenvalue weighted by molar-refractivity contribution is 7.59. The lowest BCUT2D eigenvalue weighted by Gasteiger charge is -2.18. The van der Waals surface area contributed by atoms with Crippen molar-refractivity contribution in [2.45, 2.75) is 63.5 Å². The van der Waals surface area contributed by atoms with Crippen LogP contribution in [0, 0.1) is 35.3 Å². The largest absolute Gasteiger partial charge is 0.469 e. The Morgan fingerprint density at radius 2 is 0.727 bits per heavy atom. The van der Waals surface area contributed by atoms with Gasteiger partial charge < -0.3 is 40.5 Å². The maximum absolute atomic E-state index is 14.1. The third-order valence-electron chi connectivity index (χ3n) is 14.5. The minimum Gasteiger partial charge on any atom is -0.469 e. The van der Waals surface area contributed by atoms with E-state index in [1.54, 1.807) is 24.3 Å². The summed E-state index contributed by atoms with van der Waals surface area (Å²) < 4.78 is 35.1. The van der Waals surface area contributed by atoms with Crippen LogP contribution in [0.25, 0.3) is 0 Å². The maximum Gasteiger partial charge on any atom is 0.373 e. The topological polar surface area (TPSA) is 278 Å². The SMILES string of the molecule is COC(C)=O.COC(C)=O.O=C(NCCc1ccc(F)cc1)[C@@H]1CN(C(=O)c2ccc(C(=O)N3C[C@@H](C(=O)N[C@H]4C[C@@H]4c4ccccc4)[C@H](C(=O)N[C@H]4C[C@@H]4c4ccccc4)C3)cc2)C[C@H]1C(=O)NCCc1ccc(F)cc1.O=C=O.O=C=O.S.S.S.S. The van der Waals surface area contributed by atoms with Crippen molar-refractivity contribution in [3.63, 3.8) is 0 Å². The predicted molar refractivity (Wildman–Crippen MR) is 337 cm³/mol. The number of esters is 2. The van der Waals surface area contributed by atoms with Crippen LogP contribution in [-0.4, -0.2) is 135 Å². The first-order valence-corrected chi connectivity index (χ1v) is 26.9. The van der Waals surface area contributed by atoms with Crippen LogP contribution in [0.1, 0.15) is 81.5 Å². The van der Waals surface area contributed by atoms with Crippen LogP contribution in [0.15, 0.2) is 133 Å². The minimum absolute atomic E-state index is 0. The van der Waals surface area contributed by atoms with Crippen molar-refractivity contribution in [1.29, 1.82) is 0 Å². The smallest absolute Gasteiger partial charge is 0.373 e. The Kier molecular flexibility index (Phi) is 35.1. The minimum atomic E-state index is -0.863. The number of carbonyl (C=O) groups is 8. The first kappa shape index (κ1) is 77.9. The molecule has 6 amide bonds. The molecular weight excluding hydrogens is 1220 g/mol. The number of nitrogens with zero attached hydrogens (tertiary/aromatic N) is 2. The van der Waals surface area contributed by atoms with Gasteiger partial charge in [0.1, 0.15) is 11.6 Å². The summed E-state index contributed by atoms with van der Waals surface area (Å²) in [5.74, 6) is -6.20. The molecule has 26 heteroatoms. The molecule has 4 N–H and O–H groups in total. The van der Waals surface area contributed by atoms with E-state index in [0.29, 0.717) is 12.8 Å². The summed E-state index contributed by atoms with van der Waals surface area (Å²) in [6.07, 6.45) is 2.96. The highest BCUT2D eigenvalue weighted by atomic mass is 32.1. The molecule has 5 aromatic carbocycles. The van der Waals surface area contributed by atoms with E-state index in [-0.39, 0.29) is 182 Å². The molecule has 9 rings (SSSR count). The first-order valence-electron chi connectivity index (χ1n) is 26.9. The number of likely N-dealkylation sites (tertiary alicyclic amines) is 2. The van der Waals surface area contributed by atoms with Gasteiger partial charge in [0, 0.05) is 88.2 Å². The summed E-state index contributed by atoms with van der Waals surface area (Å²) in [6.45, 7) is 3.24. The molecule has 2 aliphatic heterocycles. The average Bonchev–Trinajstić information content (AvgIpc) is 1.75. The molecule has 474 valence electrons. The molecule has 5 aromatic rings. The number of hydrogen-bond donors (Lipinski definition) is 4. The summed E-state index contributed by atoms with van der Waals surface area (Å²) in [5.41, 5.74) is 4.46. The fourth-order valence-electron chi connectivity index (χ4n) is 9.77. The zero-order valence-electron chi connectivity index (χ0n) is 48.8. The Morgan fingerprint density at radius 3 is 1.00 bits per heavy atom. The van der Waals surface area contributed by atoms with Gasteiger partial charge in [-0.3, -0.25) is 38.4 Å². The van der Waals surface area contributed by atoms with Gasteiger partial charge >= 0.3 is 24.2 Å². The molecule has 0 aromatic heterocycles. The second-order valence-electron chi connectivity index (χ2n) is 20.1. The molecule has 2 aliphatic carbocycles.